The van der Waals surface area contributed by atoms with Crippen LogP contribution in [0.15, 0.2) is 42.9 Å². The number of H-pyrrole nitrogens is 1. The van der Waals surface area contributed by atoms with E-state index in [-0.39, 0.29) is 0 Å². The molecule has 0 saturated carbocycles. The lowest BCUT2D eigenvalue weighted by Gasteiger charge is -2.11. The maximum atomic E-state index is 12.1. The van der Waals surface area contributed by atoms with Crippen molar-refractivity contribution < 1.29 is 19.0 Å². The molecule has 0 fully saturated rings. The molecule has 0 bridgehead atoms. The zero-order valence-electron chi connectivity index (χ0n) is 18.4. The first-order valence-electron chi connectivity index (χ1n) is 10.1. The van der Waals surface area contributed by atoms with Crippen molar-refractivity contribution in [2.75, 3.05) is 33.2 Å². The summed E-state index contributed by atoms with van der Waals surface area (Å²) in [4.78, 5) is 24.3. The van der Waals surface area contributed by atoms with E-state index in [0.717, 1.165) is 29.2 Å². The number of rotatable bonds is 8. The van der Waals surface area contributed by atoms with Crippen LogP contribution in [0.2, 0.25) is 0 Å². The number of aryl methyl sites for hydroxylation is 1. The third-order valence-electron chi connectivity index (χ3n) is 5.25. The summed E-state index contributed by atoms with van der Waals surface area (Å²) < 4.78 is 17.4. The van der Waals surface area contributed by atoms with Crippen LogP contribution in [0, 0.1) is 6.92 Å². The normalized spacial score (nSPS) is 10.9. The Kier molecular flexibility index (Phi) is 5.98. The van der Waals surface area contributed by atoms with Gasteiger partial charge < -0.3 is 24.5 Å². The quantitative estimate of drug-likeness (QED) is 0.408. The summed E-state index contributed by atoms with van der Waals surface area (Å²) >= 11 is 0. The maximum Gasteiger partial charge on any atom is 0.339 e. The smallest absolute Gasteiger partial charge is 0.339 e. The number of nitrogens with one attached hydrogen (secondary N) is 2. The summed E-state index contributed by atoms with van der Waals surface area (Å²) in [7, 11) is 4.60. The van der Waals surface area contributed by atoms with Gasteiger partial charge in [0.2, 0.25) is 0 Å². The number of benzene rings is 1. The van der Waals surface area contributed by atoms with E-state index < -0.39 is 5.97 Å². The number of methoxy groups -OCH3 is 3. The number of fused-ring (bicyclic) bond motifs is 1. The number of hydrogen-bond donors (Lipinski definition) is 2. The fourth-order valence-corrected chi connectivity index (χ4v) is 3.58. The van der Waals surface area contributed by atoms with Crippen LogP contribution in [0.1, 0.15) is 21.6 Å². The minimum absolute atomic E-state index is 0.408. The molecule has 0 saturated heterocycles. The van der Waals surface area contributed by atoms with Crippen LogP contribution in [0.3, 0.4) is 0 Å². The third kappa shape index (κ3) is 3.96. The number of aromatic amines is 1. The molecule has 0 radical (unpaired) electrons. The highest BCUT2D eigenvalue weighted by Gasteiger charge is 2.19. The van der Waals surface area contributed by atoms with Crippen LogP contribution in [-0.4, -0.2) is 53.2 Å². The molecule has 0 aliphatic carbocycles. The Hall–Kier alpha value is -4.01. The predicted octanol–water partition coefficient (Wildman–Crippen LogP) is 3.49. The maximum absolute atomic E-state index is 12.1. The molecular weight excluding hydrogens is 410 g/mol. The lowest BCUT2D eigenvalue weighted by molar-refractivity contribution is 0.0600. The molecule has 3 aromatic heterocycles. The van der Waals surface area contributed by atoms with E-state index in [9.17, 15) is 4.79 Å². The molecule has 3 heterocycles. The lowest BCUT2D eigenvalue weighted by Crippen LogP contribution is -2.09. The molecule has 1 aromatic carbocycles. The molecule has 9 nitrogen and oxygen atoms in total. The molecule has 0 unspecified atom stereocenters. The summed E-state index contributed by atoms with van der Waals surface area (Å²) in [5.74, 6) is 1.73. The number of carbonyl (C=O) groups is 1. The first-order chi connectivity index (χ1) is 15.5. The first kappa shape index (κ1) is 21.2. The van der Waals surface area contributed by atoms with Crippen LogP contribution in [0.4, 0.5) is 5.82 Å². The minimum atomic E-state index is -0.408. The Balaban J connectivity index is 1.66. The number of esters is 1. The highest BCUT2D eigenvalue weighted by Crippen LogP contribution is 2.30. The lowest BCUT2D eigenvalue weighted by atomic mass is 10.1. The van der Waals surface area contributed by atoms with E-state index >= 15 is 0 Å². The van der Waals surface area contributed by atoms with E-state index in [1.165, 1.54) is 7.11 Å². The molecule has 9 heteroatoms. The number of nitrogens with zero attached hydrogens (tertiary/aromatic N) is 3. The van der Waals surface area contributed by atoms with Gasteiger partial charge in [-0.3, -0.25) is 4.40 Å². The Labute approximate surface area is 185 Å². The summed E-state index contributed by atoms with van der Waals surface area (Å²) in [6.07, 6.45) is 4.10. The Morgan fingerprint density at radius 1 is 1.09 bits per heavy atom. The standard InChI is InChI=1S/C23H25N5O4/c1-14-20(26-13-25-14)21-22(28-12-16(23(29)32-4)6-8-19(28)27-21)24-10-9-15-5-7-17(30-2)18(11-15)31-3/h5-8,11-13,24H,9-10H2,1-4H3,(H,25,26). The van der Waals surface area contributed by atoms with E-state index in [2.05, 4.69) is 15.3 Å². The van der Waals surface area contributed by atoms with Crippen molar-refractivity contribution in [3.63, 3.8) is 0 Å². The molecule has 4 aromatic rings. The van der Waals surface area contributed by atoms with Gasteiger partial charge in [0.25, 0.3) is 0 Å². The summed E-state index contributed by atoms with van der Waals surface area (Å²) in [5, 5.41) is 3.47. The van der Waals surface area contributed by atoms with E-state index in [4.69, 9.17) is 19.2 Å². The van der Waals surface area contributed by atoms with Crippen LogP contribution in [-0.2, 0) is 11.2 Å². The molecule has 2 N–H and O–H groups in total. The average molecular weight is 435 g/mol. The number of imidazole rings is 2. The van der Waals surface area contributed by atoms with Gasteiger partial charge in [0, 0.05) is 18.4 Å². The fraction of sp³-hybridized carbons (Fsp3) is 0.261. The monoisotopic (exact) mass is 435 g/mol. The van der Waals surface area contributed by atoms with Gasteiger partial charge in [-0.25, -0.2) is 14.8 Å². The second kappa shape index (κ2) is 9.01. The van der Waals surface area contributed by atoms with Gasteiger partial charge in [-0.2, -0.15) is 0 Å². The molecular formula is C23H25N5O4. The van der Waals surface area contributed by atoms with Crippen molar-refractivity contribution in [3.8, 4) is 22.9 Å². The van der Waals surface area contributed by atoms with Gasteiger partial charge in [-0.15, -0.1) is 0 Å². The van der Waals surface area contributed by atoms with Crippen LogP contribution in [0.5, 0.6) is 11.5 Å². The van der Waals surface area contributed by atoms with Crippen LogP contribution < -0.4 is 14.8 Å². The van der Waals surface area contributed by atoms with Crippen molar-refractivity contribution in [2.45, 2.75) is 13.3 Å². The number of anilines is 1. The van der Waals surface area contributed by atoms with Crippen molar-refractivity contribution in [1.82, 2.24) is 19.4 Å². The number of aromatic nitrogens is 4. The molecule has 0 atom stereocenters. The first-order valence-corrected chi connectivity index (χ1v) is 10.1. The van der Waals surface area contributed by atoms with Crippen molar-refractivity contribution in [3.05, 3.63) is 59.7 Å². The highest BCUT2D eigenvalue weighted by molar-refractivity contribution is 5.90. The van der Waals surface area contributed by atoms with Gasteiger partial charge >= 0.3 is 5.97 Å². The second-order valence-corrected chi connectivity index (χ2v) is 7.19. The molecule has 0 aliphatic heterocycles. The molecule has 0 spiro atoms. The zero-order valence-corrected chi connectivity index (χ0v) is 18.4. The summed E-state index contributed by atoms with van der Waals surface area (Å²) in [6.45, 7) is 2.57. The van der Waals surface area contributed by atoms with Crippen molar-refractivity contribution >= 4 is 17.4 Å². The van der Waals surface area contributed by atoms with E-state index in [1.54, 1.807) is 38.9 Å². The average Bonchev–Trinajstić information content (AvgIpc) is 3.40. The van der Waals surface area contributed by atoms with Gasteiger partial charge in [0.1, 0.15) is 22.9 Å². The van der Waals surface area contributed by atoms with E-state index in [1.807, 2.05) is 29.5 Å². The highest BCUT2D eigenvalue weighted by atomic mass is 16.5. The Bertz CT molecular complexity index is 1260. The number of ether oxygens (including phenoxy) is 3. The van der Waals surface area contributed by atoms with Crippen molar-refractivity contribution in [1.29, 1.82) is 0 Å². The number of pyridine rings is 1. The summed E-state index contributed by atoms with van der Waals surface area (Å²) in [6, 6.07) is 9.35. The molecule has 32 heavy (non-hydrogen) atoms. The zero-order chi connectivity index (χ0) is 22.7. The SMILES string of the molecule is COC(=O)c1ccc2nc(-c3nc[nH]c3C)c(NCCc3ccc(OC)c(OC)c3)n2c1. The molecule has 4 rings (SSSR count). The van der Waals surface area contributed by atoms with Gasteiger partial charge in [-0.1, -0.05) is 6.07 Å². The Morgan fingerprint density at radius 3 is 2.59 bits per heavy atom. The third-order valence-corrected chi connectivity index (χ3v) is 5.25. The molecule has 0 aliphatic rings. The molecule has 0 amide bonds. The van der Waals surface area contributed by atoms with Crippen molar-refractivity contribution in [2.24, 2.45) is 0 Å². The fourth-order valence-electron chi connectivity index (χ4n) is 3.58. The number of carbonyl (C=O) groups excluding carboxylic acids is 1. The van der Waals surface area contributed by atoms with Gasteiger partial charge in [0.05, 0.1) is 33.2 Å². The largest absolute Gasteiger partial charge is 0.493 e. The van der Waals surface area contributed by atoms with Crippen LogP contribution in [0.25, 0.3) is 17.0 Å². The summed E-state index contributed by atoms with van der Waals surface area (Å²) in [5.41, 5.74) is 4.59. The topological polar surface area (TPSA) is 103 Å². The predicted molar refractivity (Wildman–Crippen MR) is 121 cm³/mol. The number of hydrogen-bond acceptors (Lipinski definition) is 7. The van der Waals surface area contributed by atoms with Gasteiger partial charge in [-0.05, 0) is 43.2 Å². The van der Waals surface area contributed by atoms with E-state index in [0.29, 0.717) is 34.9 Å². The van der Waals surface area contributed by atoms with Gasteiger partial charge in [0.15, 0.2) is 11.5 Å². The molecule has 166 valence electrons. The second-order valence-electron chi connectivity index (χ2n) is 7.19. The minimum Gasteiger partial charge on any atom is -0.493 e. The Morgan fingerprint density at radius 2 is 1.91 bits per heavy atom. The van der Waals surface area contributed by atoms with Crippen LogP contribution >= 0.6 is 0 Å².